The second-order valence-corrected chi connectivity index (χ2v) is 7.33. The Morgan fingerprint density at radius 3 is 2.46 bits per heavy atom. The zero-order valence-electron chi connectivity index (χ0n) is 15.5. The molecule has 1 aliphatic rings. The first-order valence-electron chi connectivity index (χ1n) is 8.45. The molecule has 1 atom stereocenters. The molecule has 0 fully saturated rings. The highest BCUT2D eigenvalue weighted by atomic mass is 35.5. The van der Waals surface area contributed by atoms with Gasteiger partial charge in [-0.25, -0.2) is 8.78 Å². The lowest BCUT2D eigenvalue weighted by atomic mass is 9.93. The minimum atomic E-state index is -0.754. The van der Waals surface area contributed by atoms with Crippen LogP contribution in [0.3, 0.4) is 0 Å². The maximum atomic E-state index is 14.5. The van der Waals surface area contributed by atoms with Crippen LogP contribution in [0.2, 0.25) is 5.02 Å². The van der Waals surface area contributed by atoms with E-state index in [1.54, 1.807) is 44.1 Å². The van der Waals surface area contributed by atoms with Gasteiger partial charge in [-0.05, 0) is 43.4 Å². The summed E-state index contributed by atoms with van der Waals surface area (Å²) in [6, 6.07) is 9.63. The number of thiocarbonyl (C=S) groups is 1. The van der Waals surface area contributed by atoms with Crippen molar-refractivity contribution in [1.29, 1.82) is 0 Å². The molecule has 4 nitrogen and oxygen atoms in total. The molecule has 0 spiro atoms. The number of benzene rings is 2. The van der Waals surface area contributed by atoms with E-state index in [0.29, 0.717) is 22.5 Å². The van der Waals surface area contributed by atoms with Crippen LogP contribution in [-0.4, -0.2) is 30.0 Å². The Hall–Kier alpha value is -2.51. The average molecular weight is 422 g/mol. The van der Waals surface area contributed by atoms with Crippen molar-refractivity contribution in [2.75, 3.05) is 19.0 Å². The lowest BCUT2D eigenvalue weighted by Gasteiger charge is -2.38. The summed E-state index contributed by atoms with van der Waals surface area (Å²) in [6.07, 6.45) is 0. The zero-order valence-corrected chi connectivity index (χ0v) is 17.0. The highest BCUT2D eigenvalue weighted by molar-refractivity contribution is 7.80. The SMILES string of the molecule is CC1=C(C(=O)N(C)C)C(c2ccccc2F)NC(=S)N1c1ccc(F)c(Cl)c1. The second-order valence-electron chi connectivity index (χ2n) is 6.54. The van der Waals surface area contributed by atoms with Gasteiger partial charge in [0.15, 0.2) is 5.11 Å². The zero-order chi connectivity index (χ0) is 20.6. The number of amides is 1. The topological polar surface area (TPSA) is 35.6 Å². The van der Waals surface area contributed by atoms with Crippen molar-refractivity contribution in [3.63, 3.8) is 0 Å². The fourth-order valence-electron chi connectivity index (χ4n) is 3.14. The molecule has 1 aliphatic heterocycles. The Kier molecular flexibility index (Phi) is 5.67. The molecular formula is C20H18ClF2N3OS. The van der Waals surface area contributed by atoms with E-state index >= 15 is 0 Å². The third-order valence-electron chi connectivity index (χ3n) is 4.50. The normalized spacial score (nSPS) is 16.9. The number of carbonyl (C=O) groups is 1. The van der Waals surface area contributed by atoms with Gasteiger partial charge in [-0.2, -0.15) is 0 Å². The first-order chi connectivity index (χ1) is 13.2. The number of halogens is 3. The van der Waals surface area contributed by atoms with E-state index < -0.39 is 17.7 Å². The standard InChI is InChI=1S/C20H18ClF2N3OS/c1-11-17(19(27)25(2)3)18(13-6-4-5-7-15(13)22)24-20(28)26(11)12-8-9-16(23)14(21)10-12/h4-10,18H,1-3H3,(H,24,28). The van der Waals surface area contributed by atoms with Crippen molar-refractivity contribution in [2.24, 2.45) is 0 Å². The van der Waals surface area contributed by atoms with Crippen molar-refractivity contribution < 1.29 is 13.6 Å². The first-order valence-corrected chi connectivity index (χ1v) is 9.23. The number of hydrogen-bond acceptors (Lipinski definition) is 2. The minimum absolute atomic E-state index is 0.0650. The third kappa shape index (κ3) is 3.59. The summed E-state index contributed by atoms with van der Waals surface area (Å²) in [5.41, 5.74) is 1.66. The Balaban J connectivity index is 2.20. The van der Waals surface area contributed by atoms with Crippen molar-refractivity contribution in [3.05, 3.63) is 76.0 Å². The molecule has 0 bridgehead atoms. The van der Waals surface area contributed by atoms with Crippen LogP contribution in [0, 0.1) is 11.6 Å². The fraction of sp³-hybridized carbons (Fsp3) is 0.200. The molecule has 2 aromatic carbocycles. The molecule has 3 rings (SSSR count). The lowest BCUT2D eigenvalue weighted by Crippen LogP contribution is -2.49. The molecule has 146 valence electrons. The van der Waals surface area contributed by atoms with Gasteiger partial charge in [0.1, 0.15) is 11.6 Å². The number of rotatable bonds is 3. The van der Waals surface area contributed by atoms with E-state index in [1.165, 1.54) is 29.2 Å². The molecule has 1 N–H and O–H groups in total. The van der Waals surface area contributed by atoms with Crippen molar-refractivity contribution in [1.82, 2.24) is 10.2 Å². The summed E-state index contributed by atoms with van der Waals surface area (Å²) >= 11 is 11.4. The van der Waals surface area contributed by atoms with Crippen LogP contribution < -0.4 is 10.2 Å². The van der Waals surface area contributed by atoms with Crippen molar-refractivity contribution in [3.8, 4) is 0 Å². The summed E-state index contributed by atoms with van der Waals surface area (Å²) in [5.74, 6) is -1.30. The van der Waals surface area contributed by atoms with Gasteiger partial charge in [-0.1, -0.05) is 29.8 Å². The van der Waals surface area contributed by atoms with Crippen LogP contribution in [0.4, 0.5) is 14.5 Å². The molecule has 8 heteroatoms. The molecule has 0 aliphatic carbocycles. The molecule has 2 aromatic rings. The number of carbonyl (C=O) groups excluding carboxylic acids is 1. The van der Waals surface area contributed by atoms with Crippen LogP contribution in [0.15, 0.2) is 53.7 Å². The van der Waals surface area contributed by atoms with E-state index in [0.717, 1.165) is 0 Å². The van der Waals surface area contributed by atoms with Crippen LogP contribution in [0.25, 0.3) is 0 Å². The van der Waals surface area contributed by atoms with Gasteiger partial charge >= 0.3 is 0 Å². The number of anilines is 1. The summed E-state index contributed by atoms with van der Waals surface area (Å²) in [6.45, 7) is 1.72. The molecule has 1 amide bonds. The Morgan fingerprint density at radius 2 is 1.86 bits per heavy atom. The van der Waals surface area contributed by atoms with E-state index in [2.05, 4.69) is 5.32 Å². The fourth-order valence-corrected chi connectivity index (χ4v) is 3.67. The quantitative estimate of drug-likeness (QED) is 0.744. The average Bonchev–Trinajstić information content (AvgIpc) is 2.64. The van der Waals surface area contributed by atoms with Gasteiger partial charge in [-0.15, -0.1) is 0 Å². The number of nitrogens with one attached hydrogen (secondary N) is 1. The lowest BCUT2D eigenvalue weighted by molar-refractivity contribution is -0.125. The smallest absolute Gasteiger partial charge is 0.253 e. The first kappa shape index (κ1) is 20.2. The highest BCUT2D eigenvalue weighted by Gasteiger charge is 2.36. The van der Waals surface area contributed by atoms with E-state index in [4.69, 9.17) is 23.8 Å². The molecule has 1 heterocycles. The number of hydrogen-bond donors (Lipinski definition) is 1. The number of allylic oxidation sites excluding steroid dienone is 1. The molecule has 0 aromatic heterocycles. The third-order valence-corrected chi connectivity index (χ3v) is 5.09. The van der Waals surface area contributed by atoms with Crippen molar-refractivity contribution in [2.45, 2.75) is 13.0 Å². The van der Waals surface area contributed by atoms with Crippen LogP contribution in [0.1, 0.15) is 18.5 Å². The summed E-state index contributed by atoms with van der Waals surface area (Å²) in [5, 5.41) is 3.24. The van der Waals surface area contributed by atoms with Gasteiger partial charge in [0.2, 0.25) is 0 Å². The van der Waals surface area contributed by atoms with E-state index in [9.17, 15) is 13.6 Å². The van der Waals surface area contributed by atoms with Crippen molar-refractivity contribution >= 4 is 40.5 Å². The summed E-state index contributed by atoms with van der Waals surface area (Å²) in [4.78, 5) is 16.0. The Bertz CT molecular complexity index is 993. The second kappa shape index (κ2) is 7.85. The van der Waals surface area contributed by atoms with Crippen LogP contribution in [0.5, 0.6) is 0 Å². The van der Waals surface area contributed by atoms with E-state index in [1.807, 2.05) is 0 Å². The Labute approximate surface area is 172 Å². The van der Waals surface area contributed by atoms with Gasteiger partial charge in [-0.3, -0.25) is 9.69 Å². The summed E-state index contributed by atoms with van der Waals surface area (Å²) < 4.78 is 28.1. The number of nitrogens with zero attached hydrogens (tertiary/aromatic N) is 2. The van der Waals surface area contributed by atoms with E-state index in [-0.39, 0.29) is 16.0 Å². The van der Waals surface area contributed by atoms with Crippen LogP contribution >= 0.6 is 23.8 Å². The largest absolute Gasteiger partial charge is 0.351 e. The minimum Gasteiger partial charge on any atom is -0.351 e. The van der Waals surface area contributed by atoms with Gasteiger partial charge in [0.05, 0.1) is 16.6 Å². The van der Waals surface area contributed by atoms with Crippen LogP contribution in [-0.2, 0) is 4.79 Å². The maximum absolute atomic E-state index is 14.5. The van der Waals surface area contributed by atoms with Gasteiger partial charge in [0.25, 0.3) is 5.91 Å². The molecule has 0 saturated carbocycles. The van der Waals surface area contributed by atoms with Gasteiger partial charge < -0.3 is 10.2 Å². The summed E-state index contributed by atoms with van der Waals surface area (Å²) in [7, 11) is 3.24. The Morgan fingerprint density at radius 1 is 1.18 bits per heavy atom. The number of likely N-dealkylation sites (N-methyl/N-ethyl adjacent to an activating group) is 1. The molecule has 1 unspecified atom stereocenters. The molecule has 0 saturated heterocycles. The monoisotopic (exact) mass is 421 g/mol. The molecule has 0 radical (unpaired) electrons. The predicted molar refractivity (Wildman–Crippen MR) is 110 cm³/mol. The molecule has 28 heavy (non-hydrogen) atoms. The predicted octanol–water partition coefficient (Wildman–Crippen LogP) is 4.42. The molecular weight excluding hydrogens is 404 g/mol. The van der Waals surface area contributed by atoms with Gasteiger partial charge in [0, 0.05) is 31.0 Å². The maximum Gasteiger partial charge on any atom is 0.253 e. The highest BCUT2D eigenvalue weighted by Crippen LogP contribution is 2.36.